The molecule has 0 saturated heterocycles. The monoisotopic (exact) mass is 237 g/mol. The van der Waals surface area contributed by atoms with E-state index in [1.807, 2.05) is 6.33 Å². The first-order valence-electron chi connectivity index (χ1n) is 5.87. The Bertz CT molecular complexity index is 431. The molecule has 2 rings (SSSR count). The molecule has 1 amide bonds. The second-order valence-electron chi connectivity index (χ2n) is 5.78. The Balaban J connectivity index is 2.22. The molecule has 0 radical (unpaired) electrons. The lowest BCUT2D eigenvalue weighted by Crippen LogP contribution is -2.36. The lowest BCUT2D eigenvalue weighted by molar-refractivity contribution is 0.138. The normalized spacial score (nSPS) is 15.8. The summed E-state index contributed by atoms with van der Waals surface area (Å²) in [6.45, 7) is 8.37. The van der Waals surface area contributed by atoms with Crippen LogP contribution < -0.4 is 0 Å². The van der Waals surface area contributed by atoms with Crippen LogP contribution in [0.4, 0.5) is 4.79 Å². The van der Waals surface area contributed by atoms with E-state index in [1.54, 1.807) is 0 Å². The first kappa shape index (κ1) is 12.0. The molecule has 5 heteroatoms. The van der Waals surface area contributed by atoms with Gasteiger partial charge in [0.1, 0.15) is 0 Å². The van der Waals surface area contributed by atoms with Gasteiger partial charge in [-0.25, -0.2) is 9.78 Å². The van der Waals surface area contributed by atoms with E-state index in [0.717, 1.165) is 24.4 Å². The third-order valence-corrected chi connectivity index (χ3v) is 2.91. The lowest BCUT2D eigenvalue weighted by atomic mass is 9.96. The van der Waals surface area contributed by atoms with Crippen LogP contribution in [-0.2, 0) is 19.5 Å². The van der Waals surface area contributed by atoms with Crippen LogP contribution in [0.5, 0.6) is 0 Å². The first-order valence-corrected chi connectivity index (χ1v) is 5.87. The molecular weight excluding hydrogens is 218 g/mol. The summed E-state index contributed by atoms with van der Waals surface area (Å²) in [5.41, 5.74) is 2.26. The summed E-state index contributed by atoms with van der Waals surface area (Å²) in [4.78, 5) is 16.8. The molecule has 1 aromatic rings. The van der Waals surface area contributed by atoms with Gasteiger partial charge in [0.15, 0.2) is 0 Å². The van der Waals surface area contributed by atoms with Gasteiger partial charge in [0, 0.05) is 19.5 Å². The van der Waals surface area contributed by atoms with E-state index in [9.17, 15) is 4.79 Å². The third-order valence-electron chi connectivity index (χ3n) is 2.91. The zero-order chi connectivity index (χ0) is 12.6. The van der Waals surface area contributed by atoms with Gasteiger partial charge < -0.3 is 14.6 Å². The van der Waals surface area contributed by atoms with Crippen LogP contribution in [0.3, 0.4) is 0 Å². The SMILES string of the molecule is CC(C)(C)Cn1cnc2c1CN(C(=O)O)CC2. The van der Waals surface area contributed by atoms with Crippen molar-refractivity contribution in [2.24, 2.45) is 5.41 Å². The minimum Gasteiger partial charge on any atom is -0.465 e. The molecule has 1 aliphatic rings. The van der Waals surface area contributed by atoms with Crippen LogP contribution in [0.25, 0.3) is 0 Å². The standard InChI is InChI=1S/C12H19N3O2/c1-12(2,3)7-15-8-13-9-4-5-14(11(16)17)6-10(9)15/h8H,4-7H2,1-3H3,(H,16,17). The maximum atomic E-state index is 11.0. The van der Waals surface area contributed by atoms with Gasteiger partial charge >= 0.3 is 6.09 Å². The number of imidazole rings is 1. The second kappa shape index (κ2) is 4.05. The van der Waals surface area contributed by atoms with Crippen molar-refractivity contribution in [2.75, 3.05) is 6.54 Å². The number of aromatic nitrogens is 2. The van der Waals surface area contributed by atoms with Gasteiger partial charge in [0.05, 0.1) is 24.3 Å². The van der Waals surface area contributed by atoms with Crippen molar-refractivity contribution < 1.29 is 9.90 Å². The summed E-state index contributed by atoms with van der Waals surface area (Å²) in [5, 5.41) is 9.02. The Hall–Kier alpha value is -1.52. The van der Waals surface area contributed by atoms with Crippen LogP contribution >= 0.6 is 0 Å². The van der Waals surface area contributed by atoms with E-state index < -0.39 is 6.09 Å². The summed E-state index contributed by atoms with van der Waals surface area (Å²) in [5.74, 6) is 0. The van der Waals surface area contributed by atoms with Gasteiger partial charge in [-0.05, 0) is 5.41 Å². The van der Waals surface area contributed by atoms with Crippen LogP contribution in [0.2, 0.25) is 0 Å². The van der Waals surface area contributed by atoms with E-state index >= 15 is 0 Å². The highest BCUT2D eigenvalue weighted by molar-refractivity contribution is 5.65. The Labute approximate surface area is 101 Å². The molecule has 2 heterocycles. The number of hydrogen-bond acceptors (Lipinski definition) is 2. The van der Waals surface area contributed by atoms with Crippen LogP contribution in [-0.4, -0.2) is 32.2 Å². The number of fused-ring (bicyclic) bond motifs is 1. The maximum Gasteiger partial charge on any atom is 0.407 e. The van der Waals surface area contributed by atoms with Gasteiger partial charge in [-0.15, -0.1) is 0 Å². The molecule has 1 N–H and O–H groups in total. The van der Waals surface area contributed by atoms with Crippen LogP contribution in [0.15, 0.2) is 6.33 Å². The topological polar surface area (TPSA) is 58.4 Å². The lowest BCUT2D eigenvalue weighted by Gasteiger charge is -2.27. The predicted molar refractivity (Wildman–Crippen MR) is 63.8 cm³/mol. The van der Waals surface area contributed by atoms with E-state index in [-0.39, 0.29) is 5.41 Å². The number of rotatable bonds is 1. The molecule has 0 aliphatic carbocycles. The molecule has 0 saturated carbocycles. The van der Waals surface area contributed by atoms with Crippen LogP contribution in [0.1, 0.15) is 32.2 Å². The van der Waals surface area contributed by atoms with Gasteiger partial charge in [-0.2, -0.15) is 0 Å². The van der Waals surface area contributed by atoms with Crippen molar-refractivity contribution >= 4 is 6.09 Å². The predicted octanol–water partition coefficient (Wildman–Crippen LogP) is 1.97. The molecule has 0 aromatic carbocycles. The van der Waals surface area contributed by atoms with Gasteiger partial charge in [-0.1, -0.05) is 20.8 Å². The fourth-order valence-corrected chi connectivity index (χ4v) is 2.15. The van der Waals surface area contributed by atoms with Crippen molar-refractivity contribution in [3.8, 4) is 0 Å². The molecule has 1 aliphatic heterocycles. The van der Waals surface area contributed by atoms with Gasteiger partial charge in [-0.3, -0.25) is 0 Å². The molecule has 0 fully saturated rings. The maximum absolute atomic E-state index is 11.0. The minimum absolute atomic E-state index is 0.167. The fraction of sp³-hybridized carbons (Fsp3) is 0.667. The van der Waals surface area contributed by atoms with Crippen molar-refractivity contribution in [3.63, 3.8) is 0 Å². The highest BCUT2D eigenvalue weighted by Gasteiger charge is 2.25. The van der Waals surface area contributed by atoms with Crippen LogP contribution in [0, 0.1) is 5.41 Å². The number of hydrogen-bond donors (Lipinski definition) is 1. The number of amides is 1. The highest BCUT2D eigenvalue weighted by Crippen LogP contribution is 2.22. The fourth-order valence-electron chi connectivity index (χ4n) is 2.15. The number of carbonyl (C=O) groups is 1. The summed E-state index contributed by atoms with van der Waals surface area (Å²) >= 11 is 0. The molecule has 0 bridgehead atoms. The minimum atomic E-state index is -0.848. The first-order chi connectivity index (χ1) is 7.87. The average Bonchev–Trinajstić information content (AvgIpc) is 2.58. The van der Waals surface area contributed by atoms with E-state index in [0.29, 0.717) is 13.1 Å². The van der Waals surface area contributed by atoms with Crippen molar-refractivity contribution in [1.82, 2.24) is 14.5 Å². The quantitative estimate of drug-likeness (QED) is 0.812. The Morgan fingerprint density at radius 3 is 2.82 bits per heavy atom. The average molecular weight is 237 g/mol. The number of carboxylic acid groups (broad SMARTS) is 1. The molecule has 5 nitrogen and oxygen atoms in total. The van der Waals surface area contributed by atoms with Crippen molar-refractivity contribution in [3.05, 3.63) is 17.7 Å². The molecule has 0 atom stereocenters. The van der Waals surface area contributed by atoms with E-state index in [4.69, 9.17) is 5.11 Å². The summed E-state index contributed by atoms with van der Waals surface area (Å²) in [6, 6.07) is 0. The molecule has 0 unspecified atom stereocenters. The molecule has 94 valence electrons. The summed E-state index contributed by atoms with van der Waals surface area (Å²) in [6.07, 6.45) is 1.71. The highest BCUT2D eigenvalue weighted by atomic mass is 16.4. The third kappa shape index (κ3) is 2.60. The summed E-state index contributed by atoms with van der Waals surface area (Å²) < 4.78 is 2.09. The zero-order valence-electron chi connectivity index (χ0n) is 10.6. The van der Waals surface area contributed by atoms with E-state index in [1.165, 1.54) is 4.90 Å². The largest absolute Gasteiger partial charge is 0.465 e. The smallest absolute Gasteiger partial charge is 0.407 e. The molecule has 0 spiro atoms. The molecular formula is C12H19N3O2. The zero-order valence-corrected chi connectivity index (χ0v) is 10.6. The number of nitrogens with zero attached hydrogens (tertiary/aromatic N) is 3. The Morgan fingerprint density at radius 2 is 2.24 bits per heavy atom. The van der Waals surface area contributed by atoms with Gasteiger partial charge in [0.2, 0.25) is 0 Å². The van der Waals surface area contributed by atoms with Crippen molar-refractivity contribution in [1.29, 1.82) is 0 Å². The Kier molecular flexibility index (Phi) is 2.85. The summed E-state index contributed by atoms with van der Waals surface area (Å²) in [7, 11) is 0. The van der Waals surface area contributed by atoms with Gasteiger partial charge in [0.25, 0.3) is 0 Å². The molecule has 1 aromatic heterocycles. The second-order valence-corrected chi connectivity index (χ2v) is 5.78. The Morgan fingerprint density at radius 1 is 1.53 bits per heavy atom. The van der Waals surface area contributed by atoms with Crippen molar-refractivity contribution in [2.45, 2.75) is 40.3 Å². The van der Waals surface area contributed by atoms with E-state index in [2.05, 4.69) is 30.3 Å². The molecule has 17 heavy (non-hydrogen) atoms.